The summed E-state index contributed by atoms with van der Waals surface area (Å²) in [6.07, 6.45) is 0.514. The van der Waals surface area contributed by atoms with E-state index >= 15 is 0 Å². The third-order valence-corrected chi connectivity index (χ3v) is 3.85. The lowest BCUT2D eigenvalue weighted by Gasteiger charge is -2.35. The molecule has 5 heteroatoms. The molecule has 1 amide bonds. The van der Waals surface area contributed by atoms with Gasteiger partial charge in [0, 0.05) is 32.7 Å². The number of benzene rings is 1. The van der Waals surface area contributed by atoms with Crippen LogP contribution in [-0.2, 0) is 16.0 Å². The van der Waals surface area contributed by atoms with Crippen molar-refractivity contribution in [2.24, 2.45) is 0 Å². The van der Waals surface area contributed by atoms with Crippen LogP contribution < -0.4 is 0 Å². The van der Waals surface area contributed by atoms with Crippen LogP contribution in [0.25, 0.3) is 0 Å². The minimum Gasteiger partial charge on any atom is -0.392 e. The highest BCUT2D eigenvalue weighted by Gasteiger charge is 2.21. The van der Waals surface area contributed by atoms with Gasteiger partial charge in [-0.1, -0.05) is 30.3 Å². The number of piperazine rings is 1. The molecule has 1 aromatic rings. The second kappa shape index (κ2) is 8.88. The molecule has 1 fully saturated rings. The fraction of sp³-hybridized carbons (Fsp3) is 0.588. The highest BCUT2D eigenvalue weighted by atomic mass is 16.5. The van der Waals surface area contributed by atoms with Crippen molar-refractivity contribution in [2.75, 3.05) is 45.9 Å². The van der Waals surface area contributed by atoms with E-state index in [1.165, 1.54) is 5.56 Å². The molecule has 0 aliphatic carbocycles. The summed E-state index contributed by atoms with van der Waals surface area (Å²) in [4.78, 5) is 16.1. The molecule has 0 bridgehead atoms. The number of carbonyl (C=O) groups excluding carboxylic acids is 1. The molecule has 1 atom stereocenters. The summed E-state index contributed by atoms with van der Waals surface area (Å²) >= 11 is 0. The van der Waals surface area contributed by atoms with Crippen molar-refractivity contribution in [3.05, 3.63) is 35.9 Å². The summed E-state index contributed by atoms with van der Waals surface area (Å²) in [5.74, 6) is 0.0600. The number of hydrogen-bond acceptors (Lipinski definition) is 4. The molecule has 0 unspecified atom stereocenters. The van der Waals surface area contributed by atoms with E-state index in [4.69, 9.17) is 4.74 Å². The molecule has 1 heterocycles. The van der Waals surface area contributed by atoms with Crippen molar-refractivity contribution in [2.45, 2.75) is 19.4 Å². The maximum absolute atomic E-state index is 12.1. The van der Waals surface area contributed by atoms with Crippen LogP contribution in [0.1, 0.15) is 12.5 Å². The van der Waals surface area contributed by atoms with Crippen LogP contribution in [0.3, 0.4) is 0 Å². The summed E-state index contributed by atoms with van der Waals surface area (Å²) in [5, 5.41) is 9.37. The minimum absolute atomic E-state index is 0.0600. The van der Waals surface area contributed by atoms with E-state index in [0.29, 0.717) is 26.2 Å². The molecule has 22 heavy (non-hydrogen) atoms. The van der Waals surface area contributed by atoms with Gasteiger partial charge < -0.3 is 14.7 Å². The van der Waals surface area contributed by atoms with Gasteiger partial charge in [-0.2, -0.15) is 0 Å². The van der Waals surface area contributed by atoms with E-state index in [9.17, 15) is 9.90 Å². The molecular formula is C17H26N2O3. The van der Waals surface area contributed by atoms with Crippen LogP contribution >= 0.6 is 0 Å². The van der Waals surface area contributed by atoms with E-state index in [-0.39, 0.29) is 18.6 Å². The number of carbonyl (C=O) groups is 1. The van der Waals surface area contributed by atoms with Crippen molar-refractivity contribution >= 4 is 5.91 Å². The summed E-state index contributed by atoms with van der Waals surface area (Å²) in [6, 6.07) is 10.1. The summed E-state index contributed by atoms with van der Waals surface area (Å²) in [6.45, 7) is 6.26. The average molecular weight is 306 g/mol. The van der Waals surface area contributed by atoms with Gasteiger partial charge in [-0.3, -0.25) is 9.69 Å². The van der Waals surface area contributed by atoms with Crippen LogP contribution in [-0.4, -0.2) is 72.9 Å². The zero-order valence-electron chi connectivity index (χ0n) is 13.3. The van der Waals surface area contributed by atoms with Crippen molar-refractivity contribution in [1.29, 1.82) is 0 Å². The van der Waals surface area contributed by atoms with Crippen molar-refractivity contribution in [3.63, 3.8) is 0 Å². The van der Waals surface area contributed by atoms with Crippen molar-refractivity contribution in [3.8, 4) is 0 Å². The Labute approximate surface area is 132 Å². The van der Waals surface area contributed by atoms with Crippen LogP contribution in [0, 0.1) is 0 Å². The fourth-order valence-electron chi connectivity index (χ4n) is 2.64. The number of ether oxygens (including phenoxy) is 1. The Morgan fingerprint density at radius 3 is 2.55 bits per heavy atom. The monoisotopic (exact) mass is 306 g/mol. The zero-order valence-corrected chi connectivity index (χ0v) is 13.3. The molecule has 0 radical (unpaired) electrons. The Hall–Kier alpha value is -1.43. The van der Waals surface area contributed by atoms with Gasteiger partial charge in [-0.15, -0.1) is 0 Å². The number of hydrogen-bond donors (Lipinski definition) is 1. The normalized spacial score (nSPS) is 17.5. The molecule has 1 aromatic carbocycles. The Kier molecular flexibility index (Phi) is 6.83. The smallest absolute Gasteiger partial charge is 0.248 e. The fourth-order valence-corrected chi connectivity index (χ4v) is 2.64. The SMILES string of the molecule is C[C@@H](O)CN1CCN(C(=O)COCCc2ccccc2)CC1. The van der Waals surface area contributed by atoms with Crippen molar-refractivity contribution < 1.29 is 14.6 Å². The topological polar surface area (TPSA) is 53.0 Å². The maximum Gasteiger partial charge on any atom is 0.248 e. The minimum atomic E-state index is -0.316. The van der Waals surface area contributed by atoms with E-state index in [1.807, 2.05) is 23.1 Å². The van der Waals surface area contributed by atoms with Gasteiger partial charge >= 0.3 is 0 Å². The zero-order chi connectivity index (χ0) is 15.8. The first-order valence-corrected chi connectivity index (χ1v) is 7.95. The maximum atomic E-state index is 12.1. The van der Waals surface area contributed by atoms with Gasteiger partial charge in [0.2, 0.25) is 5.91 Å². The number of aliphatic hydroxyl groups is 1. The number of amides is 1. The van der Waals surface area contributed by atoms with Gasteiger partial charge in [0.1, 0.15) is 6.61 Å². The standard InChI is InChI=1S/C17H26N2O3/c1-15(20)13-18-8-10-19(11-9-18)17(21)14-22-12-7-16-5-3-2-4-6-16/h2-6,15,20H,7-14H2,1H3/t15-/m1/s1. The highest BCUT2D eigenvalue weighted by molar-refractivity contribution is 5.77. The predicted octanol–water partition coefficient (Wildman–Crippen LogP) is 0.771. The lowest BCUT2D eigenvalue weighted by molar-refractivity contribution is -0.138. The van der Waals surface area contributed by atoms with E-state index in [1.54, 1.807) is 6.92 Å². The van der Waals surface area contributed by atoms with Gasteiger partial charge in [-0.25, -0.2) is 0 Å². The molecule has 122 valence electrons. The lowest BCUT2D eigenvalue weighted by Crippen LogP contribution is -2.51. The van der Waals surface area contributed by atoms with E-state index < -0.39 is 0 Å². The van der Waals surface area contributed by atoms with Gasteiger partial charge in [-0.05, 0) is 18.9 Å². The molecule has 1 aliphatic rings. The number of β-amino-alcohol motifs (C(OH)–C–C–N with tert-alkyl or cyclic N) is 1. The molecule has 1 N–H and O–H groups in total. The predicted molar refractivity (Wildman–Crippen MR) is 85.7 cm³/mol. The van der Waals surface area contributed by atoms with Crippen LogP contribution in [0.5, 0.6) is 0 Å². The summed E-state index contributed by atoms with van der Waals surface area (Å²) in [7, 11) is 0. The molecule has 0 spiro atoms. The number of aliphatic hydroxyl groups excluding tert-OH is 1. The Balaban J connectivity index is 1.60. The van der Waals surface area contributed by atoms with Crippen LogP contribution in [0.4, 0.5) is 0 Å². The van der Waals surface area contributed by atoms with Crippen molar-refractivity contribution in [1.82, 2.24) is 9.80 Å². The third-order valence-electron chi connectivity index (χ3n) is 3.85. The summed E-state index contributed by atoms with van der Waals surface area (Å²) in [5.41, 5.74) is 1.22. The van der Waals surface area contributed by atoms with Crippen LogP contribution in [0.15, 0.2) is 30.3 Å². The van der Waals surface area contributed by atoms with E-state index in [2.05, 4.69) is 17.0 Å². The van der Waals surface area contributed by atoms with E-state index in [0.717, 1.165) is 19.5 Å². The molecule has 1 saturated heterocycles. The molecule has 5 nitrogen and oxygen atoms in total. The Morgan fingerprint density at radius 2 is 1.91 bits per heavy atom. The van der Waals surface area contributed by atoms with Gasteiger partial charge in [0.15, 0.2) is 0 Å². The van der Waals surface area contributed by atoms with Crippen LogP contribution in [0.2, 0.25) is 0 Å². The molecular weight excluding hydrogens is 280 g/mol. The van der Waals surface area contributed by atoms with Gasteiger partial charge in [0.05, 0.1) is 12.7 Å². The molecule has 0 aromatic heterocycles. The number of nitrogens with zero attached hydrogens (tertiary/aromatic N) is 2. The first kappa shape index (κ1) is 16.9. The largest absolute Gasteiger partial charge is 0.392 e. The highest BCUT2D eigenvalue weighted by Crippen LogP contribution is 2.04. The Bertz CT molecular complexity index is 442. The molecule has 1 aliphatic heterocycles. The first-order chi connectivity index (χ1) is 10.6. The number of rotatable bonds is 7. The first-order valence-electron chi connectivity index (χ1n) is 7.95. The average Bonchev–Trinajstić information content (AvgIpc) is 2.52. The molecule has 0 saturated carbocycles. The lowest BCUT2D eigenvalue weighted by atomic mass is 10.2. The second-order valence-corrected chi connectivity index (χ2v) is 5.82. The Morgan fingerprint density at radius 1 is 1.23 bits per heavy atom. The van der Waals surface area contributed by atoms with Gasteiger partial charge in [0.25, 0.3) is 0 Å². The summed E-state index contributed by atoms with van der Waals surface area (Å²) < 4.78 is 5.50. The molecule has 2 rings (SSSR count). The quantitative estimate of drug-likeness (QED) is 0.756. The third kappa shape index (κ3) is 5.75. The second-order valence-electron chi connectivity index (χ2n) is 5.82.